The van der Waals surface area contributed by atoms with Crippen LogP contribution in [0.25, 0.3) is 11.0 Å². The van der Waals surface area contributed by atoms with Gasteiger partial charge in [0.05, 0.1) is 0 Å². The maximum atomic E-state index is 4.43. The summed E-state index contributed by atoms with van der Waals surface area (Å²) in [5.74, 6) is 0.688. The molecule has 1 fully saturated rings. The van der Waals surface area contributed by atoms with Gasteiger partial charge in [0.2, 0.25) is 0 Å². The van der Waals surface area contributed by atoms with E-state index >= 15 is 0 Å². The lowest BCUT2D eigenvalue weighted by Crippen LogP contribution is -2.46. The maximum absolute atomic E-state index is 4.43. The molecule has 0 amide bonds. The van der Waals surface area contributed by atoms with Crippen LogP contribution in [0, 0.1) is 0 Å². The third kappa shape index (κ3) is 3.56. The number of rotatable bonds is 5. The number of fused-ring (bicyclic) bond motifs is 1. The molecule has 0 spiro atoms. The number of pyridine rings is 1. The molecule has 1 aliphatic rings. The molecule has 0 atom stereocenters. The number of aromatic nitrogens is 2. The van der Waals surface area contributed by atoms with Gasteiger partial charge >= 0.3 is 0 Å². The summed E-state index contributed by atoms with van der Waals surface area (Å²) in [6.07, 6.45) is 13.3. The second kappa shape index (κ2) is 7.67. The van der Waals surface area contributed by atoms with Gasteiger partial charge in [0.25, 0.3) is 0 Å². The van der Waals surface area contributed by atoms with Gasteiger partial charge in [-0.2, -0.15) is 0 Å². The predicted octanol–water partition coefficient (Wildman–Crippen LogP) is 5.13. The number of H-pyrrole nitrogens is 1. The first kappa shape index (κ1) is 18.3. The predicted molar refractivity (Wildman–Crippen MR) is 100 cm³/mol. The molecule has 3 nitrogen and oxygen atoms in total. The third-order valence-corrected chi connectivity index (χ3v) is 5.78. The molecular formula is C19H30ClN3. The highest BCUT2D eigenvalue weighted by molar-refractivity contribution is 5.85. The SMILES string of the molecule is CCCCC1(N(C)C)CCC(c2c[nH]c3ncccc23)CC1.Cl. The van der Waals surface area contributed by atoms with E-state index in [1.165, 1.54) is 55.9 Å². The summed E-state index contributed by atoms with van der Waals surface area (Å²) in [6, 6.07) is 4.26. The standard InChI is InChI=1S/C19H29N3.ClH/c1-4-5-10-19(22(2)3)11-8-15(9-12-19)17-14-21-18-16(17)7-6-13-20-18;/h6-7,13-15H,4-5,8-12H2,1-3H3,(H,20,21);1H. The van der Waals surface area contributed by atoms with E-state index < -0.39 is 0 Å². The van der Waals surface area contributed by atoms with Crippen LogP contribution in [0.4, 0.5) is 0 Å². The van der Waals surface area contributed by atoms with Crippen LogP contribution in [-0.4, -0.2) is 34.5 Å². The fourth-order valence-corrected chi connectivity index (χ4v) is 4.21. The summed E-state index contributed by atoms with van der Waals surface area (Å²) in [5.41, 5.74) is 2.94. The molecule has 0 bridgehead atoms. The van der Waals surface area contributed by atoms with Crippen molar-refractivity contribution in [1.82, 2.24) is 14.9 Å². The average Bonchev–Trinajstić information content (AvgIpc) is 2.97. The van der Waals surface area contributed by atoms with Gasteiger partial charge in [-0.1, -0.05) is 19.8 Å². The van der Waals surface area contributed by atoms with Crippen molar-refractivity contribution < 1.29 is 0 Å². The molecule has 2 heterocycles. The first-order valence-electron chi connectivity index (χ1n) is 8.76. The number of nitrogens with one attached hydrogen (secondary N) is 1. The maximum Gasteiger partial charge on any atom is 0.137 e. The Morgan fingerprint density at radius 1 is 1.30 bits per heavy atom. The summed E-state index contributed by atoms with van der Waals surface area (Å²) in [7, 11) is 4.54. The highest BCUT2D eigenvalue weighted by Gasteiger charge is 2.37. The van der Waals surface area contributed by atoms with Crippen LogP contribution in [0.5, 0.6) is 0 Å². The van der Waals surface area contributed by atoms with Crippen molar-refractivity contribution in [2.75, 3.05) is 14.1 Å². The van der Waals surface area contributed by atoms with Gasteiger partial charge in [0, 0.05) is 23.3 Å². The Morgan fingerprint density at radius 2 is 2.04 bits per heavy atom. The van der Waals surface area contributed by atoms with Crippen LogP contribution in [0.1, 0.15) is 63.4 Å². The van der Waals surface area contributed by atoms with Gasteiger partial charge < -0.3 is 9.88 Å². The summed E-state index contributed by atoms with van der Waals surface area (Å²) in [5, 5.41) is 1.32. The second-order valence-electron chi connectivity index (χ2n) is 7.14. The van der Waals surface area contributed by atoms with E-state index in [0.29, 0.717) is 11.5 Å². The molecule has 1 saturated carbocycles. The summed E-state index contributed by atoms with van der Waals surface area (Å²) in [4.78, 5) is 10.3. The highest BCUT2D eigenvalue weighted by atomic mass is 35.5. The van der Waals surface area contributed by atoms with Crippen molar-refractivity contribution >= 4 is 23.4 Å². The molecule has 23 heavy (non-hydrogen) atoms. The van der Waals surface area contributed by atoms with Crippen LogP contribution in [-0.2, 0) is 0 Å². The topological polar surface area (TPSA) is 31.9 Å². The van der Waals surface area contributed by atoms with Gasteiger partial charge in [-0.05, 0) is 69.8 Å². The van der Waals surface area contributed by atoms with E-state index in [2.05, 4.69) is 48.2 Å². The Kier molecular flexibility index (Phi) is 6.10. The molecule has 4 heteroatoms. The molecular weight excluding hydrogens is 306 g/mol. The molecule has 2 aromatic rings. The number of nitrogens with zero attached hydrogens (tertiary/aromatic N) is 2. The zero-order valence-electron chi connectivity index (χ0n) is 14.6. The molecule has 3 rings (SSSR count). The lowest BCUT2D eigenvalue weighted by atomic mass is 9.71. The van der Waals surface area contributed by atoms with Crippen LogP contribution < -0.4 is 0 Å². The number of unbranched alkanes of at least 4 members (excludes halogenated alkanes) is 1. The minimum atomic E-state index is 0. The zero-order chi connectivity index (χ0) is 15.6. The monoisotopic (exact) mass is 335 g/mol. The number of aromatic amines is 1. The minimum absolute atomic E-state index is 0. The average molecular weight is 336 g/mol. The fraction of sp³-hybridized carbons (Fsp3) is 0.632. The number of hydrogen-bond acceptors (Lipinski definition) is 2. The van der Waals surface area contributed by atoms with E-state index in [-0.39, 0.29) is 12.4 Å². The molecule has 0 aromatic carbocycles. The molecule has 1 aliphatic carbocycles. The lowest BCUT2D eigenvalue weighted by molar-refractivity contribution is 0.0809. The van der Waals surface area contributed by atoms with Gasteiger partial charge in [-0.15, -0.1) is 12.4 Å². The Morgan fingerprint density at radius 3 is 2.70 bits per heavy atom. The summed E-state index contributed by atoms with van der Waals surface area (Å²) >= 11 is 0. The molecule has 1 N–H and O–H groups in total. The normalized spacial score (nSPS) is 24.8. The summed E-state index contributed by atoms with van der Waals surface area (Å²) < 4.78 is 0. The first-order valence-corrected chi connectivity index (χ1v) is 8.76. The minimum Gasteiger partial charge on any atom is -0.346 e. The van der Waals surface area contributed by atoms with E-state index in [9.17, 15) is 0 Å². The van der Waals surface area contributed by atoms with Gasteiger partial charge in [-0.3, -0.25) is 0 Å². The molecule has 0 unspecified atom stereocenters. The van der Waals surface area contributed by atoms with E-state index in [1.54, 1.807) is 0 Å². The van der Waals surface area contributed by atoms with Crippen molar-refractivity contribution in [3.8, 4) is 0 Å². The van der Waals surface area contributed by atoms with Crippen molar-refractivity contribution in [2.45, 2.75) is 63.3 Å². The lowest BCUT2D eigenvalue weighted by Gasteiger charge is -2.45. The molecule has 0 radical (unpaired) electrons. The molecule has 2 aromatic heterocycles. The van der Waals surface area contributed by atoms with Crippen LogP contribution >= 0.6 is 12.4 Å². The molecule has 128 valence electrons. The van der Waals surface area contributed by atoms with Crippen LogP contribution in [0.2, 0.25) is 0 Å². The largest absolute Gasteiger partial charge is 0.346 e. The van der Waals surface area contributed by atoms with Crippen LogP contribution in [0.15, 0.2) is 24.5 Å². The van der Waals surface area contributed by atoms with E-state index in [4.69, 9.17) is 0 Å². The number of halogens is 1. The third-order valence-electron chi connectivity index (χ3n) is 5.78. The Labute approximate surface area is 146 Å². The van der Waals surface area contributed by atoms with E-state index in [1.807, 2.05) is 12.3 Å². The molecule has 0 aliphatic heterocycles. The highest BCUT2D eigenvalue weighted by Crippen LogP contribution is 2.44. The van der Waals surface area contributed by atoms with Crippen molar-refractivity contribution in [3.05, 3.63) is 30.1 Å². The van der Waals surface area contributed by atoms with Gasteiger partial charge in [0.1, 0.15) is 5.65 Å². The van der Waals surface area contributed by atoms with Crippen molar-refractivity contribution in [3.63, 3.8) is 0 Å². The fourth-order valence-electron chi connectivity index (χ4n) is 4.21. The zero-order valence-corrected chi connectivity index (χ0v) is 15.5. The Bertz CT molecular complexity index is 612. The van der Waals surface area contributed by atoms with Gasteiger partial charge in [-0.25, -0.2) is 4.98 Å². The molecule has 0 saturated heterocycles. The van der Waals surface area contributed by atoms with Crippen LogP contribution in [0.3, 0.4) is 0 Å². The first-order chi connectivity index (χ1) is 10.7. The quantitative estimate of drug-likeness (QED) is 0.821. The second-order valence-corrected chi connectivity index (χ2v) is 7.14. The Balaban J connectivity index is 0.00000192. The van der Waals surface area contributed by atoms with Gasteiger partial charge in [0.15, 0.2) is 0 Å². The smallest absolute Gasteiger partial charge is 0.137 e. The van der Waals surface area contributed by atoms with Crippen molar-refractivity contribution in [2.24, 2.45) is 0 Å². The van der Waals surface area contributed by atoms with Crippen molar-refractivity contribution in [1.29, 1.82) is 0 Å². The summed E-state index contributed by atoms with van der Waals surface area (Å²) in [6.45, 7) is 2.30. The number of hydrogen-bond donors (Lipinski definition) is 1. The Hall–Kier alpha value is -1.06. The van der Waals surface area contributed by atoms with E-state index in [0.717, 1.165) is 5.65 Å².